The second-order valence-corrected chi connectivity index (χ2v) is 11.4. The zero-order chi connectivity index (χ0) is 23.3. The summed E-state index contributed by atoms with van der Waals surface area (Å²) in [6.45, 7) is 3.26. The van der Waals surface area contributed by atoms with Gasteiger partial charge in [-0.1, -0.05) is 55.5 Å². The fourth-order valence-corrected chi connectivity index (χ4v) is 6.34. The number of carbonyl (C=O) groups excluding carboxylic acids is 1. The molecule has 1 aliphatic heterocycles. The number of sulfonamides is 1. The number of hydrogen-bond acceptors (Lipinski definition) is 4. The highest BCUT2D eigenvalue weighted by Gasteiger charge is 2.28. The molecular formula is C26H28N2O3S2. The molecule has 1 atom stereocenters. The molecule has 0 saturated carbocycles. The van der Waals surface area contributed by atoms with Gasteiger partial charge in [0.15, 0.2) is 0 Å². The molecule has 0 aromatic heterocycles. The Bertz CT molecular complexity index is 1160. The molecule has 1 N–H and O–H groups in total. The maximum atomic E-state index is 13.2. The van der Waals surface area contributed by atoms with Crippen LogP contribution in [-0.2, 0) is 14.8 Å². The van der Waals surface area contributed by atoms with Crippen molar-refractivity contribution in [1.29, 1.82) is 0 Å². The van der Waals surface area contributed by atoms with E-state index >= 15 is 0 Å². The Morgan fingerprint density at radius 3 is 2.09 bits per heavy atom. The minimum absolute atomic E-state index is 0.157. The topological polar surface area (TPSA) is 66.5 Å². The maximum absolute atomic E-state index is 13.2. The number of amides is 1. The first kappa shape index (κ1) is 23.5. The van der Waals surface area contributed by atoms with E-state index in [2.05, 4.69) is 12.2 Å². The average molecular weight is 481 g/mol. The highest BCUT2D eigenvalue weighted by atomic mass is 32.2. The molecule has 0 unspecified atom stereocenters. The highest BCUT2D eigenvalue weighted by molar-refractivity contribution is 8.00. The van der Waals surface area contributed by atoms with Crippen molar-refractivity contribution in [2.24, 2.45) is 5.92 Å². The second-order valence-electron chi connectivity index (χ2n) is 8.32. The molecule has 0 bridgehead atoms. The number of rotatable bonds is 7. The Morgan fingerprint density at radius 2 is 1.48 bits per heavy atom. The first-order chi connectivity index (χ1) is 15.9. The maximum Gasteiger partial charge on any atom is 0.243 e. The Morgan fingerprint density at radius 1 is 0.909 bits per heavy atom. The molecule has 1 fully saturated rings. The van der Waals surface area contributed by atoms with Gasteiger partial charge >= 0.3 is 0 Å². The average Bonchev–Trinajstić information content (AvgIpc) is 2.84. The summed E-state index contributed by atoms with van der Waals surface area (Å²) in [6.07, 6.45) is 1.76. The van der Waals surface area contributed by atoms with Gasteiger partial charge in [0, 0.05) is 23.7 Å². The van der Waals surface area contributed by atoms with Crippen LogP contribution in [0.5, 0.6) is 0 Å². The minimum Gasteiger partial charge on any atom is -0.325 e. The molecule has 0 aliphatic carbocycles. The van der Waals surface area contributed by atoms with Gasteiger partial charge in [-0.25, -0.2) is 8.42 Å². The lowest BCUT2D eigenvalue weighted by atomic mass is 10.0. The molecule has 0 radical (unpaired) electrons. The van der Waals surface area contributed by atoms with Crippen LogP contribution in [0.3, 0.4) is 0 Å². The summed E-state index contributed by atoms with van der Waals surface area (Å²) in [5.74, 6) is 0.399. The smallest absolute Gasteiger partial charge is 0.243 e. The summed E-state index contributed by atoms with van der Waals surface area (Å²) in [6, 6.07) is 25.9. The van der Waals surface area contributed by atoms with E-state index in [-0.39, 0.29) is 10.8 Å². The van der Waals surface area contributed by atoms with E-state index in [0.29, 0.717) is 24.7 Å². The number of nitrogens with one attached hydrogen (secondary N) is 1. The van der Waals surface area contributed by atoms with E-state index in [0.717, 1.165) is 23.3 Å². The third-order valence-corrected chi connectivity index (χ3v) is 9.02. The van der Waals surface area contributed by atoms with Crippen LogP contribution in [0, 0.1) is 5.92 Å². The predicted molar refractivity (Wildman–Crippen MR) is 134 cm³/mol. The Balaban J connectivity index is 1.49. The van der Waals surface area contributed by atoms with Gasteiger partial charge in [0.2, 0.25) is 15.9 Å². The third-order valence-electron chi connectivity index (χ3n) is 5.84. The molecule has 1 aliphatic rings. The van der Waals surface area contributed by atoms with Crippen LogP contribution in [-0.4, -0.2) is 31.7 Å². The van der Waals surface area contributed by atoms with Crippen LogP contribution in [0.4, 0.5) is 5.69 Å². The van der Waals surface area contributed by atoms with E-state index in [1.165, 1.54) is 11.8 Å². The van der Waals surface area contributed by atoms with Crippen molar-refractivity contribution in [3.63, 3.8) is 0 Å². The van der Waals surface area contributed by atoms with Crippen LogP contribution in [0.2, 0.25) is 0 Å². The van der Waals surface area contributed by atoms with Gasteiger partial charge in [-0.05, 0) is 60.7 Å². The summed E-state index contributed by atoms with van der Waals surface area (Å²) in [4.78, 5) is 14.5. The van der Waals surface area contributed by atoms with Crippen molar-refractivity contribution in [2.45, 2.75) is 34.8 Å². The third kappa shape index (κ3) is 5.85. The number of piperidine rings is 1. The van der Waals surface area contributed by atoms with Crippen molar-refractivity contribution >= 4 is 33.4 Å². The molecule has 0 spiro atoms. The number of thioether (sulfide) groups is 1. The SMILES string of the molecule is CC1CCN(S(=O)(=O)c2ccc(NC(=O)[C@H](Sc3ccccc3)c3ccccc3)cc2)CC1. The Kier molecular flexibility index (Phi) is 7.53. The van der Waals surface area contributed by atoms with E-state index in [1.54, 1.807) is 28.6 Å². The van der Waals surface area contributed by atoms with Gasteiger partial charge in [-0.3, -0.25) is 4.79 Å². The molecule has 1 heterocycles. The monoisotopic (exact) mass is 480 g/mol. The largest absolute Gasteiger partial charge is 0.325 e. The van der Waals surface area contributed by atoms with Gasteiger partial charge in [0.1, 0.15) is 5.25 Å². The standard InChI is InChI=1S/C26H28N2O3S2/c1-20-16-18-28(19-17-20)33(30,31)24-14-12-22(13-15-24)27-26(29)25(21-8-4-2-5-9-21)32-23-10-6-3-7-11-23/h2-15,20,25H,16-19H2,1H3,(H,27,29)/t25-/m1/s1. The van der Waals surface area contributed by atoms with Crippen molar-refractivity contribution in [1.82, 2.24) is 4.31 Å². The fraction of sp³-hybridized carbons (Fsp3) is 0.269. The summed E-state index contributed by atoms with van der Waals surface area (Å²) >= 11 is 1.48. The number of carbonyl (C=O) groups is 1. The normalized spacial score (nSPS) is 16.3. The van der Waals surface area contributed by atoms with Crippen LogP contribution in [0.1, 0.15) is 30.6 Å². The van der Waals surface area contributed by atoms with E-state index < -0.39 is 15.3 Å². The molecule has 1 amide bonds. The lowest BCUT2D eigenvalue weighted by Gasteiger charge is -2.29. The minimum atomic E-state index is -3.51. The number of hydrogen-bond donors (Lipinski definition) is 1. The first-order valence-corrected chi connectivity index (χ1v) is 13.4. The molecule has 33 heavy (non-hydrogen) atoms. The highest BCUT2D eigenvalue weighted by Crippen LogP contribution is 2.36. The van der Waals surface area contributed by atoms with Gasteiger partial charge in [0.25, 0.3) is 0 Å². The molecule has 4 rings (SSSR count). The van der Waals surface area contributed by atoms with Crippen LogP contribution in [0.25, 0.3) is 0 Å². The quantitative estimate of drug-likeness (QED) is 0.448. The van der Waals surface area contributed by atoms with Crippen LogP contribution < -0.4 is 5.32 Å². The molecule has 172 valence electrons. The molecule has 1 saturated heterocycles. The van der Waals surface area contributed by atoms with Crippen molar-refractivity contribution in [3.05, 3.63) is 90.5 Å². The molecule has 3 aromatic rings. The van der Waals surface area contributed by atoms with Crippen LogP contribution in [0.15, 0.2) is 94.7 Å². The Labute approximate surface area is 200 Å². The van der Waals surface area contributed by atoms with Gasteiger partial charge in [-0.2, -0.15) is 4.31 Å². The summed E-state index contributed by atoms with van der Waals surface area (Å²) < 4.78 is 27.5. The zero-order valence-electron chi connectivity index (χ0n) is 18.6. The van der Waals surface area contributed by atoms with Crippen molar-refractivity contribution in [3.8, 4) is 0 Å². The number of anilines is 1. The zero-order valence-corrected chi connectivity index (χ0v) is 20.2. The summed E-state index contributed by atoms with van der Waals surface area (Å²) in [5.41, 5.74) is 1.48. The lowest BCUT2D eigenvalue weighted by molar-refractivity contribution is -0.115. The number of nitrogens with zero attached hydrogens (tertiary/aromatic N) is 1. The van der Waals surface area contributed by atoms with Crippen LogP contribution >= 0.6 is 11.8 Å². The van der Waals surface area contributed by atoms with E-state index in [4.69, 9.17) is 0 Å². The molecular weight excluding hydrogens is 452 g/mol. The van der Waals surface area contributed by atoms with Crippen molar-refractivity contribution < 1.29 is 13.2 Å². The van der Waals surface area contributed by atoms with Gasteiger partial charge < -0.3 is 5.32 Å². The number of benzene rings is 3. The van der Waals surface area contributed by atoms with E-state index in [9.17, 15) is 13.2 Å². The molecule has 3 aromatic carbocycles. The molecule has 5 nitrogen and oxygen atoms in total. The lowest BCUT2D eigenvalue weighted by Crippen LogP contribution is -2.37. The van der Waals surface area contributed by atoms with Crippen molar-refractivity contribution in [2.75, 3.05) is 18.4 Å². The second kappa shape index (κ2) is 10.5. The fourth-order valence-electron chi connectivity index (χ4n) is 3.83. The summed E-state index contributed by atoms with van der Waals surface area (Å²) in [7, 11) is -3.51. The first-order valence-electron chi connectivity index (χ1n) is 11.1. The van der Waals surface area contributed by atoms with Gasteiger partial charge in [-0.15, -0.1) is 11.8 Å². The summed E-state index contributed by atoms with van der Waals surface area (Å²) in [5, 5.41) is 2.52. The molecule has 7 heteroatoms. The predicted octanol–water partition coefficient (Wildman–Crippen LogP) is 5.58. The Hall–Kier alpha value is -2.61. The van der Waals surface area contributed by atoms with E-state index in [1.807, 2.05) is 60.7 Å². The van der Waals surface area contributed by atoms with Gasteiger partial charge in [0.05, 0.1) is 4.90 Å².